The molecule has 2 heterocycles. The van der Waals surface area contributed by atoms with Crippen LogP contribution in [-0.2, 0) is 11.3 Å². The molecule has 0 saturated carbocycles. The molecule has 84 valence electrons. The van der Waals surface area contributed by atoms with E-state index in [4.69, 9.17) is 9.26 Å². The van der Waals surface area contributed by atoms with Gasteiger partial charge in [-0.3, -0.25) is 4.90 Å². The summed E-state index contributed by atoms with van der Waals surface area (Å²) in [5, 5.41) is 3.89. The first-order valence-corrected chi connectivity index (χ1v) is 5.34. The van der Waals surface area contributed by atoms with E-state index in [0.29, 0.717) is 0 Å². The number of aromatic nitrogens is 1. The van der Waals surface area contributed by atoms with Gasteiger partial charge in [-0.2, -0.15) is 0 Å². The molecule has 0 radical (unpaired) electrons. The van der Waals surface area contributed by atoms with Crippen LogP contribution in [0.15, 0.2) is 10.6 Å². The largest absolute Gasteiger partial charge is 0.373 e. The molecule has 1 saturated heterocycles. The van der Waals surface area contributed by atoms with Crippen LogP contribution in [0, 0.1) is 6.92 Å². The van der Waals surface area contributed by atoms with E-state index in [1.807, 2.05) is 13.0 Å². The molecule has 4 nitrogen and oxygen atoms in total. The summed E-state index contributed by atoms with van der Waals surface area (Å²) in [5.41, 5.74) is 0.894. The van der Waals surface area contributed by atoms with Crippen LogP contribution < -0.4 is 0 Å². The first kappa shape index (κ1) is 10.6. The molecule has 4 heteroatoms. The monoisotopic (exact) mass is 210 g/mol. The van der Waals surface area contributed by atoms with E-state index in [1.165, 1.54) is 0 Å². The molecule has 0 atom stereocenters. The molecule has 0 amide bonds. The Bertz CT molecular complexity index is 333. The van der Waals surface area contributed by atoms with E-state index in [1.54, 1.807) is 0 Å². The van der Waals surface area contributed by atoms with Crippen molar-refractivity contribution in [2.24, 2.45) is 0 Å². The summed E-state index contributed by atoms with van der Waals surface area (Å²) < 4.78 is 10.9. The van der Waals surface area contributed by atoms with Gasteiger partial charge in [-0.05, 0) is 20.8 Å². The Morgan fingerprint density at radius 1 is 1.53 bits per heavy atom. The Kier molecular flexibility index (Phi) is 2.80. The van der Waals surface area contributed by atoms with E-state index in [2.05, 4.69) is 23.9 Å². The number of aryl methyl sites for hydroxylation is 1. The van der Waals surface area contributed by atoms with Gasteiger partial charge < -0.3 is 9.26 Å². The Morgan fingerprint density at radius 3 is 2.93 bits per heavy atom. The molecule has 0 spiro atoms. The zero-order chi connectivity index (χ0) is 10.9. The van der Waals surface area contributed by atoms with Crippen molar-refractivity contribution in [1.82, 2.24) is 10.1 Å². The first-order valence-electron chi connectivity index (χ1n) is 5.34. The van der Waals surface area contributed by atoms with Crippen LogP contribution >= 0.6 is 0 Å². The second-order valence-electron chi connectivity index (χ2n) is 4.75. The highest BCUT2D eigenvalue weighted by Crippen LogP contribution is 2.18. The van der Waals surface area contributed by atoms with Gasteiger partial charge in [-0.25, -0.2) is 0 Å². The van der Waals surface area contributed by atoms with Crippen LogP contribution in [0.2, 0.25) is 0 Å². The van der Waals surface area contributed by atoms with Crippen molar-refractivity contribution in [2.75, 3.05) is 19.7 Å². The molecule has 1 aromatic heterocycles. The van der Waals surface area contributed by atoms with Gasteiger partial charge in [0.2, 0.25) is 0 Å². The number of morpholine rings is 1. The zero-order valence-electron chi connectivity index (χ0n) is 9.62. The van der Waals surface area contributed by atoms with Crippen molar-refractivity contribution < 1.29 is 9.26 Å². The molecule has 0 N–H and O–H groups in total. The van der Waals surface area contributed by atoms with Crippen LogP contribution in [0.25, 0.3) is 0 Å². The van der Waals surface area contributed by atoms with Crippen molar-refractivity contribution in [3.63, 3.8) is 0 Å². The second kappa shape index (κ2) is 3.94. The van der Waals surface area contributed by atoms with Crippen LogP contribution in [-0.4, -0.2) is 35.4 Å². The second-order valence-corrected chi connectivity index (χ2v) is 4.75. The van der Waals surface area contributed by atoms with Crippen LogP contribution in [0.5, 0.6) is 0 Å². The average molecular weight is 210 g/mol. The maximum absolute atomic E-state index is 5.65. The lowest BCUT2D eigenvalue weighted by atomic mass is 10.1. The predicted molar refractivity (Wildman–Crippen MR) is 56.5 cm³/mol. The molecular formula is C11H18N2O2. The number of hydrogen-bond acceptors (Lipinski definition) is 4. The third-order valence-corrected chi connectivity index (χ3v) is 2.56. The third-order valence-electron chi connectivity index (χ3n) is 2.56. The van der Waals surface area contributed by atoms with E-state index >= 15 is 0 Å². The highest BCUT2D eigenvalue weighted by molar-refractivity contribution is 5.03. The van der Waals surface area contributed by atoms with E-state index in [9.17, 15) is 0 Å². The van der Waals surface area contributed by atoms with Gasteiger partial charge in [0.25, 0.3) is 0 Å². The molecule has 2 rings (SSSR count). The summed E-state index contributed by atoms with van der Waals surface area (Å²) >= 11 is 0. The number of hydrogen-bond donors (Lipinski definition) is 0. The Morgan fingerprint density at radius 2 is 2.33 bits per heavy atom. The van der Waals surface area contributed by atoms with Crippen LogP contribution in [0.4, 0.5) is 0 Å². The summed E-state index contributed by atoms with van der Waals surface area (Å²) in [6, 6.07) is 1.99. The van der Waals surface area contributed by atoms with Crippen molar-refractivity contribution >= 4 is 0 Å². The summed E-state index contributed by atoms with van der Waals surface area (Å²) in [6.07, 6.45) is 0. The van der Waals surface area contributed by atoms with Crippen LogP contribution in [0.1, 0.15) is 25.3 Å². The van der Waals surface area contributed by atoms with Crippen molar-refractivity contribution in [2.45, 2.75) is 32.9 Å². The smallest absolute Gasteiger partial charge is 0.150 e. The molecule has 1 aliphatic heterocycles. The number of ether oxygens (including phenoxy) is 1. The molecule has 0 aliphatic carbocycles. The highest BCUT2D eigenvalue weighted by Gasteiger charge is 2.27. The van der Waals surface area contributed by atoms with Gasteiger partial charge in [0.05, 0.1) is 24.4 Å². The van der Waals surface area contributed by atoms with Crippen LogP contribution in [0.3, 0.4) is 0 Å². The standard InChI is InChI=1S/C11H18N2O2/c1-9-6-10(15-12-9)7-13-4-5-14-11(2,3)8-13/h6H,4-5,7-8H2,1-3H3. The number of nitrogens with zero attached hydrogens (tertiary/aromatic N) is 2. The lowest BCUT2D eigenvalue weighted by Crippen LogP contribution is -2.47. The third kappa shape index (κ3) is 2.79. The Labute approximate surface area is 90.2 Å². The molecule has 1 aliphatic rings. The van der Waals surface area contributed by atoms with E-state index in [0.717, 1.165) is 37.7 Å². The minimum absolute atomic E-state index is 0.0483. The Hall–Kier alpha value is -0.870. The van der Waals surface area contributed by atoms with Gasteiger partial charge in [-0.15, -0.1) is 0 Å². The zero-order valence-corrected chi connectivity index (χ0v) is 9.62. The lowest BCUT2D eigenvalue weighted by Gasteiger charge is -2.37. The SMILES string of the molecule is Cc1cc(CN2CCOC(C)(C)C2)on1. The summed E-state index contributed by atoms with van der Waals surface area (Å²) in [7, 11) is 0. The predicted octanol–water partition coefficient (Wildman–Crippen LogP) is 1.59. The molecular weight excluding hydrogens is 192 g/mol. The molecule has 1 aromatic rings. The fraction of sp³-hybridized carbons (Fsp3) is 0.727. The maximum atomic E-state index is 5.65. The van der Waals surface area contributed by atoms with Gasteiger partial charge in [0, 0.05) is 19.2 Å². The normalized spacial score (nSPS) is 21.8. The lowest BCUT2D eigenvalue weighted by molar-refractivity contribution is -0.0896. The minimum atomic E-state index is -0.0483. The molecule has 0 bridgehead atoms. The van der Waals surface area contributed by atoms with Crippen molar-refractivity contribution in [3.8, 4) is 0 Å². The van der Waals surface area contributed by atoms with Gasteiger partial charge in [0.15, 0.2) is 5.76 Å². The summed E-state index contributed by atoms with van der Waals surface area (Å²) in [5.74, 6) is 0.935. The highest BCUT2D eigenvalue weighted by atomic mass is 16.5. The van der Waals surface area contributed by atoms with Crippen molar-refractivity contribution in [1.29, 1.82) is 0 Å². The molecule has 15 heavy (non-hydrogen) atoms. The minimum Gasteiger partial charge on any atom is -0.373 e. The Balaban J connectivity index is 1.95. The summed E-state index contributed by atoms with van der Waals surface area (Å²) in [4.78, 5) is 2.34. The van der Waals surface area contributed by atoms with E-state index < -0.39 is 0 Å². The molecule has 1 fully saturated rings. The first-order chi connectivity index (χ1) is 7.05. The van der Waals surface area contributed by atoms with Crippen molar-refractivity contribution in [3.05, 3.63) is 17.5 Å². The molecule has 0 unspecified atom stereocenters. The maximum Gasteiger partial charge on any atom is 0.150 e. The molecule has 0 aromatic carbocycles. The van der Waals surface area contributed by atoms with Gasteiger partial charge in [0.1, 0.15) is 0 Å². The topological polar surface area (TPSA) is 38.5 Å². The van der Waals surface area contributed by atoms with Gasteiger partial charge in [-0.1, -0.05) is 5.16 Å². The fourth-order valence-corrected chi connectivity index (χ4v) is 1.96. The average Bonchev–Trinajstić information content (AvgIpc) is 2.49. The van der Waals surface area contributed by atoms with Gasteiger partial charge >= 0.3 is 0 Å². The fourth-order valence-electron chi connectivity index (χ4n) is 1.96. The van der Waals surface area contributed by atoms with E-state index in [-0.39, 0.29) is 5.60 Å². The number of rotatable bonds is 2. The summed E-state index contributed by atoms with van der Waals surface area (Å²) in [6.45, 7) is 9.69. The quantitative estimate of drug-likeness (QED) is 0.743.